The lowest BCUT2D eigenvalue weighted by Crippen LogP contribution is -2.08. The van der Waals surface area contributed by atoms with Crippen LogP contribution in [0.25, 0.3) is 0 Å². The van der Waals surface area contributed by atoms with Crippen LogP contribution < -0.4 is 5.32 Å². The van der Waals surface area contributed by atoms with Gasteiger partial charge in [-0.3, -0.25) is 4.98 Å². The van der Waals surface area contributed by atoms with Crippen molar-refractivity contribution in [2.75, 3.05) is 11.9 Å². The van der Waals surface area contributed by atoms with E-state index in [2.05, 4.69) is 53.2 Å². The van der Waals surface area contributed by atoms with Crippen LogP contribution >= 0.6 is 0 Å². The highest BCUT2D eigenvalue weighted by atomic mass is 15.0. The minimum absolute atomic E-state index is 0.589. The minimum Gasteiger partial charge on any atom is -0.370 e. The van der Waals surface area contributed by atoms with Gasteiger partial charge in [0.05, 0.1) is 0 Å². The summed E-state index contributed by atoms with van der Waals surface area (Å²) in [7, 11) is 0. The van der Waals surface area contributed by atoms with E-state index < -0.39 is 0 Å². The van der Waals surface area contributed by atoms with Crippen LogP contribution in [0.3, 0.4) is 0 Å². The van der Waals surface area contributed by atoms with E-state index in [1.54, 1.807) is 6.20 Å². The van der Waals surface area contributed by atoms with Gasteiger partial charge in [0.25, 0.3) is 0 Å². The predicted molar refractivity (Wildman–Crippen MR) is 81.8 cm³/mol. The van der Waals surface area contributed by atoms with Gasteiger partial charge in [0.1, 0.15) is 11.6 Å². The van der Waals surface area contributed by atoms with E-state index in [1.165, 1.54) is 0 Å². The molecule has 0 bridgehead atoms. The van der Waals surface area contributed by atoms with Crippen molar-refractivity contribution in [2.45, 2.75) is 33.6 Å². The predicted octanol–water partition coefficient (Wildman–Crippen LogP) is 3.09. The van der Waals surface area contributed by atoms with E-state index in [-0.39, 0.29) is 0 Å². The van der Waals surface area contributed by atoms with Crippen molar-refractivity contribution in [2.24, 2.45) is 5.92 Å². The van der Waals surface area contributed by atoms with Gasteiger partial charge in [-0.25, -0.2) is 9.97 Å². The first-order chi connectivity index (χ1) is 9.67. The molecule has 4 heteroatoms. The second-order valence-corrected chi connectivity index (χ2v) is 5.33. The molecule has 0 fully saturated rings. The average Bonchev–Trinajstić information content (AvgIpc) is 2.39. The summed E-state index contributed by atoms with van der Waals surface area (Å²) in [6.07, 6.45) is 5.34. The largest absolute Gasteiger partial charge is 0.370 e. The molecule has 2 aromatic heterocycles. The summed E-state index contributed by atoms with van der Waals surface area (Å²) < 4.78 is 0. The van der Waals surface area contributed by atoms with E-state index in [0.717, 1.165) is 42.3 Å². The number of rotatable bonds is 6. The van der Waals surface area contributed by atoms with Gasteiger partial charge >= 0.3 is 0 Å². The average molecular weight is 270 g/mol. The van der Waals surface area contributed by atoms with Crippen molar-refractivity contribution in [3.05, 3.63) is 47.7 Å². The molecule has 1 N–H and O–H groups in total. The molecule has 0 spiro atoms. The molecule has 2 heterocycles. The van der Waals surface area contributed by atoms with Crippen LogP contribution in [0.15, 0.2) is 30.6 Å². The molecule has 0 aliphatic carbocycles. The number of nitrogens with zero attached hydrogens (tertiary/aromatic N) is 3. The maximum Gasteiger partial charge on any atom is 0.135 e. The smallest absolute Gasteiger partial charge is 0.135 e. The topological polar surface area (TPSA) is 50.7 Å². The standard InChI is InChI=1S/C16H22N4/c1-4-18-15-10-14(8-12(2)3)19-16(20-15)9-13-6-5-7-17-11-13/h5-7,10-12H,4,8-9H2,1-3H3,(H,18,19,20). The third kappa shape index (κ3) is 4.30. The van der Waals surface area contributed by atoms with E-state index >= 15 is 0 Å². The minimum atomic E-state index is 0.589. The van der Waals surface area contributed by atoms with Gasteiger partial charge in [0.2, 0.25) is 0 Å². The molecule has 0 saturated heterocycles. The monoisotopic (exact) mass is 270 g/mol. The first kappa shape index (κ1) is 14.4. The summed E-state index contributed by atoms with van der Waals surface area (Å²) in [5.41, 5.74) is 2.24. The summed E-state index contributed by atoms with van der Waals surface area (Å²) in [5.74, 6) is 2.36. The molecule has 0 aliphatic rings. The Labute approximate surface area is 120 Å². The Balaban J connectivity index is 2.24. The van der Waals surface area contributed by atoms with Crippen LogP contribution in [-0.2, 0) is 12.8 Å². The molecule has 0 unspecified atom stereocenters. The fourth-order valence-electron chi connectivity index (χ4n) is 2.11. The number of pyridine rings is 1. The van der Waals surface area contributed by atoms with Crippen molar-refractivity contribution in [3.8, 4) is 0 Å². The van der Waals surface area contributed by atoms with Crippen molar-refractivity contribution < 1.29 is 0 Å². The Bertz CT molecular complexity index is 537. The van der Waals surface area contributed by atoms with Gasteiger partial charge in [-0.05, 0) is 30.9 Å². The zero-order chi connectivity index (χ0) is 14.4. The molecular formula is C16H22N4. The number of nitrogens with one attached hydrogen (secondary N) is 1. The quantitative estimate of drug-likeness (QED) is 0.876. The lowest BCUT2D eigenvalue weighted by Gasteiger charge is -2.10. The van der Waals surface area contributed by atoms with Crippen LogP contribution in [0.2, 0.25) is 0 Å². The molecule has 0 atom stereocenters. The second-order valence-electron chi connectivity index (χ2n) is 5.33. The van der Waals surface area contributed by atoms with Crippen molar-refractivity contribution in [3.63, 3.8) is 0 Å². The third-order valence-corrected chi connectivity index (χ3v) is 2.89. The Morgan fingerprint density at radius 1 is 1.25 bits per heavy atom. The van der Waals surface area contributed by atoms with Gasteiger partial charge in [-0.1, -0.05) is 19.9 Å². The summed E-state index contributed by atoms with van der Waals surface area (Å²) in [6.45, 7) is 7.35. The number of hydrogen-bond donors (Lipinski definition) is 1. The highest BCUT2D eigenvalue weighted by Gasteiger charge is 2.07. The lowest BCUT2D eigenvalue weighted by molar-refractivity contribution is 0.631. The number of anilines is 1. The molecule has 2 aromatic rings. The first-order valence-corrected chi connectivity index (χ1v) is 7.17. The van der Waals surface area contributed by atoms with Crippen molar-refractivity contribution >= 4 is 5.82 Å². The van der Waals surface area contributed by atoms with E-state index in [0.29, 0.717) is 5.92 Å². The molecule has 20 heavy (non-hydrogen) atoms. The van der Waals surface area contributed by atoms with Gasteiger partial charge in [0.15, 0.2) is 0 Å². The van der Waals surface area contributed by atoms with Crippen LogP contribution in [-0.4, -0.2) is 21.5 Å². The highest BCUT2D eigenvalue weighted by Crippen LogP contribution is 2.13. The van der Waals surface area contributed by atoms with Crippen LogP contribution in [0.5, 0.6) is 0 Å². The Morgan fingerprint density at radius 2 is 2.10 bits per heavy atom. The second kappa shape index (κ2) is 6.98. The van der Waals surface area contributed by atoms with E-state index in [4.69, 9.17) is 0 Å². The molecule has 4 nitrogen and oxygen atoms in total. The SMILES string of the molecule is CCNc1cc(CC(C)C)nc(Cc2cccnc2)n1. The van der Waals surface area contributed by atoms with Gasteiger partial charge in [-0.15, -0.1) is 0 Å². The Kier molecular flexibility index (Phi) is 5.04. The van der Waals surface area contributed by atoms with Gasteiger partial charge in [-0.2, -0.15) is 0 Å². The molecular weight excluding hydrogens is 248 g/mol. The summed E-state index contributed by atoms with van der Waals surface area (Å²) in [6, 6.07) is 6.05. The maximum atomic E-state index is 4.67. The summed E-state index contributed by atoms with van der Waals surface area (Å²) in [4.78, 5) is 13.4. The molecule has 2 rings (SSSR count). The first-order valence-electron chi connectivity index (χ1n) is 7.17. The zero-order valence-electron chi connectivity index (χ0n) is 12.4. The Hall–Kier alpha value is -1.97. The third-order valence-electron chi connectivity index (χ3n) is 2.89. The van der Waals surface area contributed by atoms with Crippen LogP contribution in [0.1, 0.15) is 37.9 Å². The lowest BCUT2D eigenvalue weighted by atomic mass is 10.1. The number of aromatic nitrogens is 3. The zero-order valence-corrected chi connectivity index (χ0v) is 12.4. The molecule has 0 saturated carbocycles. The van der Waals surface area contributed by atoms with E-state index in [1.807, 2.05) is 12.3 Å². The summed E-state index contributed by atoms with van der Waals surface area (Å²) in [5, 5.41) is 3.28. The maximum absolute atomic E-state index is 4.67. The number of hydrogen-bond acceptors (Lipinski definition) is 4. The van der Waals surface area contributed by atoms with Gasteiger partial charge < -0.3 is 5.32 Å². The highest BCUT2D eigenvalue weighted by molar-refractivity contribution is 5.36. The fraction of sp³-hybridized carbons (Fsp3) is 0.438. The molecule has 106 valence electrons. The van der Waals surface area contributed by atoms with Crippen LogP contribution in [0.4, 0.5) is 5.82 Å². The Morgan fingerprint density at radius 3 is 2.75 bits per heavy atom. The van der Waals surface area contributed by atoms with Crippen molar-refractivity contribution in [1.29, 1.82) is 0 Å². The van der Waals surface area contributed by atoms with Crippen molar-refractivity contribution in [1.82, 2.24) is 15.0 Å². The van der Waals surface area contributed by atoms with Crippen LogP contribution in [0, 0.1) is 5.92 Å². The molecule has 0 aliphatic heterocycles. The summed E-state index contributed by atoms with van der Waals surface area (Å²) >= 11 is 0. The fourth-order valence-corrected chi connectivity index (χ4v) is 2.11. The van der Waals surface area contributed by atoms with Gasteiger partial charge in [0, 0.05) is 37.1 Å². The molecule has 0 amide bonds. The molecule has 0 radical (unpaired) electrons. The normalized spacial score (nSPS) is 10.8. The molecule has 0 aromatic carbocycles. The van der Waals surface area contributed by atoms with E-state index in [9.17, 15) is 0 Å².